The van der Waals surface area contributed by atoms with Crippen molar-refractivity contribution in [1.82, 2.24) is 0 Å². The Kier molecular flexibility index (Phi) is 4.22. The first-order chi connectivity index (χ1) is 8.20. The molecule has 1 aliphatic rings. The summed E-state index contributed by atoms with van der Waals surface area (Å²) in [6.07, 6.45) is 5.76. The Hall–Kier alpha value is -0.820. The Labute approximate surface area is 108 Å². The zero-order chi connectivity index (χ0) is 12.3. The van der Waals surface area contributed by atoms with Gasteiger partial charge in [0.1, 0.15) is 0 Å². The molecule has 1 nitrogen and oxygen atoms in total. The molecule has 0 bridgehead atoms. The van der Waals surface area contributed by atoms with Gasteiger partial charge < -0.3 is 0 Å². The highest BCUT2D eigenvalue weighted by molar-refractivity contribution is 6.31. The lowest BCUT2D eigenvalue weighted by Crippen LogP contribution is -2.15. The van der Waals surface area contributed by atoms with Crippen molar-refractivity contribution in [3.05, 3.63) is 34.9 Å². The molecular formula is C15H19ClO. The molecule has 0 aromatic heterocycles. The van der Waals surface area contributed by atoms with E-state index in [2.05, 4.69) is 6.92 Å². The molecule has 0 amide bonds. The maximum Gasteiger partial charge on any atom is 0.166 e. The van der Waals surface area contributed by atoms with E-state index < -0.39 is 0 Å². The maximum absolute atomic E-state index is 12.4. The van der Waals surface area contributed by atoms with Crippen LogP contribution in [0.4, 0.5) is 0 Å². The van der Waals surface area contributed by atoms with Gasteiger partial charge in [-0.2, -0.15) is 0 Å². The fourth-order valence-corrected chi connectivity index (χ4v) is 2.53. The van der Waals surface area contributed by atoms with E-state index in [9.17, 15) is 4.79 Å². The van der Waals surface area contributed by atoms with Crippen LogP contribution < -0.4 is 0 Å². The molecular weight excluding hydrogens is 232 g/mol. The monoisotopic (exact) mass is 250 g/mol. The van der Waals surface area contributed by atoms with Crippen molar-refractivity contribution in [3.8, 4) is 0 Å². The van der Waals surface area contributed by atoms with Gasteiger partial charge in [0.25, 0.3) is 0 Å². The Morgan fingerprint density at radius 3 is 2.82 bits per heavy atom. The molecule has 1 aliphatic carbocycles. The first-order valence-electron chi connectivity index (χ1n) is 6.50. The summed E-state index contributed by atoms with van der Waals surface area (Å²) in [7, 11) is 0. The van der Waals surface area contributed by atoms with Crippen molar-refractivity contribution in [3.63, 3.8) is 0 Å². The van der Waals surface area contributed by atoms with Crippen LogP contribution in [-0.4, -0.2) is 5.78 Å². The summed E-state index contributed by atoms with van der Waals surface area (Å²) in [6, 6.07) is 7.34. The van der Waals surface area contributed by atoms with Gasteiger partial charge in [0.05, 0.1) is 0 Å². The van der Waals surface area contributed by atoms with Gasteiger partial charge in [-0.3, -0.25) is 4.79 Å². The van der Waals surface area contributed by atoms with Crippen LogP contribution in [0.2, 0.25) is 5.02 Å². The molecule has 92 valence electrons. The van der Waals surface area contributed by atoms with Crippen molar-refractivity contribution in [2.24, 2.45) is 11.8 Å². The molecule has 1 saturated carbocycles. The van der Waals surface area contributed by atoms with Crippen LogP contribution in [0.3, 0.4) is 0 Å². The fraction of sp³-hybridized carbons (Fsp3) is 0.533. The topological polar surface area (TPSA) is 17.1 Å². The molecule has 0 spiro atoms. The Morgan fingerprint density at radius 1 is 1.47 bits per heavy atom. The maximum atomic E-state index is 12.4. The molecule has 1 aromatic rings. The minimum atomic E-state index is 0.200. The van der Waals surface area contributed by atoms with E-state index in [1.807, 2.05) is 18.2 Å². The Morgan fingerprint density at radius 2 is 2.24 bits per heavy atom. The molecule has 1 unspecified atom stereocenters. The lowest BCUT2D eigenvalue weighted by Gasteiger charge is -2.14. The Bertz CT molecular complexity index is 396. The largest absolute Gasteiger partial charge is 0.294 e. The number of hydrogen-bond donors (Lipinski definition) is 0. The van der Waals surface area contributed by atoms with Crippen molar-refractivity contribution >= 4 is 17.4 Å². The quantitative estimate of drug-likeness (QED) is 0.667. The highest BCUT2D eigenvalue weighted by atomic mass is 35.5. The van der Waals surface area contributed by atoms with Gasteiger partial charge in [-0.05, 0) is 30.9 Å². The highest BCUT2D eigenvalue weighted by Crippen LogP contribution is 2.37. The third-order valence-corrected chi connectivity index (χ3v) is 3.67. The van der Waals surface area contributed by atoms with Crippen LogP contribution >= 0.6 is 11.6 Å². The number of carbonyl (C=O) groups excluding carboxylic acids is 1. The summed E-state index contributed by atoms with van der Waals surface area (Å²) in [5.74, 6) is 1.28. The summed E-state index contributed by atoms with van der Waals surface area (Å²) in [5.41, 5.74) is 0.775. The summed E-state index contributed by atoms with van der Waals surface area (Å²) in [6.45, 7) is 2.14. The first-order valence-corrected chi connectivity index (χ1v) is 6.88. The zero-order valence-corrected chi connectivity index (χ0v) is 11.0. The SMILES string of the molecule is CCCC(CC1CC1)C(=O)c1cccc(Cl)c1. The highest BCUT2D eigenvalue weighted by Gasteiger charge is 2.29. The minimum absolute atomic E-state index is 0.200. The smallest absolute Gasteiger partial charge is 0.166 e. The number of benzene rings is 1. The van der Waals surface area contributed by atoms with E-state index in [0.717, 1.165) is 30.7 Å². The molecule has 0 saturated heterocycles. The molecule has 0 N–H and O–H groups in total. The van der Waals surface area contributed by atoms with E-state index in [0.29, 0.717) is 5.02 Å². The van der Waals surface area contributed by atoms with Crippen LogP contribution in [0.5, 0.6) is 0 Å². The summed E-state index contributed by atoms with van der Waals surface area (Å²) >= 11 is 5.94. The predicted molar refractivity (Wildman–Crippen MR) is 71.5 cm³/mol. The van der Waals surface area contributed by atoms with Gasteiger partial charge in [0, 0.05) is 16.5 Å². The molecule has 1 aromatic carbocycles. The second-order valence-electron chi connectivity index (χ2n) is 5.04. The molecule has 2 rings (SSSR count). The lowest BCUT2D eigenvalue weighted by molar-refractivity contribution is 0.0901. The van der Waals surface area contributed by atoms with Crippen LogP contribution in [0.15, 0.2) is 24.3 Å². The van der Waals surface area contributed by atoms with Crippen LogP contribution in [0.1, 0.15) is 49.4 Å². The number of hydrogen-bond acceptors (Lipinski definition) is 1. The normalized spacial score (nSPS) is 16.8. The zero-order valence-electron chi connectivity index (χ0n) is 10.3. The van der Waals surface area contributed by atoms with Gasteiger partial charge in [0.2, 0.25) is 0 Å². The van der Waals surface area contributed by atoms with Crippen molar-refractivity contribution in [1.29, 1.82) is 0 Å². The lowest BCUT2D eigenvalue weighted by atomic mass is 9.89. The van der Waals surface area contributed by atoms with Crippen molar-refractivity contribution in [2.75, 3.05) is 0 Å². The molecule has 17 heavy (non-hydrogen) atoms. The molecule has 1 atom stereocenters. The first kappa shape index (κ1) is 12.6. The number of carbonyl (C=O) groups is 1. The van der Waals surface area contributed by atoms with Gasteiger partial charge in [-0.25, -0.2) is 0 Å². The Balaban J connectivity index is 2.08. The van der Waals surface area contributed by atoms with E-state index in [1.54, 1.807) is 6.07 Å². The second kappa shape index (κ2) is 5.68. The summed E-state index contributed by atoms with van der Waals surface area (Å²) in [4.78, 5) is 12.4. The van der Waals surface area contributed by atoms with Gasteiger partial charge >= 0.3 is 0 Å². The second-order valence-corrected chi connectivity index (χ2v) is 5.48. The van der Waals surface area contributed by atoms with E-state index in [-0.39, 0.29) is 11.7 Å². The van der Waals surface area contributed by atoms with E-state index in [1.165, 1.54) is 12.8 Å². The van der Waals surface area contributed by atoms with Gasteiger partial charge in [0.15, 0.2) is 5.78 Å². The third kappa shape index (κ3) is 3.57. The number of halogens is 1. The molecule has 2 heteroatoms. The third-order valence-electron chi connectivity index (χ3n) is 3.43. The van der Waals surface area contributed by atoms with Crippen LogP contribution in [0, 0.1) is 11.8 Å². The summed E-state index contributed by atoms with van der Waals surface area (Å²) in [5, 5.41) is 0.650. The van der Waals surface area contributed by atoms with Gasteiger partial charge in [-0.15, -0.1) is 0 Å². The molecule has 0 heterocycles. The number of Topliss-reactive ketones (excluding diaryl/α,β-unsaturated/α-hetero) is 1. The fourth-order valence-electron chi connectivity index (χ4n) is 2.34. The number of rotatable bonds is 6. The van der Waals surface area contributed by atoms with Crippen LogP contribution in [0.25, 0.3) is 0 Å². The predicted octanol–water partition coefficient (Wildman–Crippen LogP) is 4.74. The molecule has 1 fully saturated rings. The van der Waals surface area contributed by atoms with E-state index >= 15 is 0 Å². The van der Waals surface area contributed by atoms with Crippen LogP contribution in [-0.2, 0) is 0 Å². The molecule has 0 aliphatic heterocycles. The van der Waals surface area contributed by atoms with Crippen molar-refractivity contribution < 1.29 is 4.79 Å². The average molecular weight is 251 g/mol. The minimum Gasteiger partial charge on any atom is -0.294 e. The van der Waals surface area contributed by atoms with Gasteiger partial charge in [-0.1, -0.05) is 49.9 Å². The average Bonchev–Trinajstić information content (AvgIpc) is 3.11. The molecule has 0 radical (unpaired) electrons. The van der Waals surface area contributed by atoms with E-state index in [4.69, 9.17) is 11.6 Å². The van der Waals surface area contributed by atoms with Crippen molar-refractivity contribution in [2.45, 2.75) is 39.0 Å². The summed E-state index contributed by atoms with van der Waals surface area (Å²) < 4.78 is 0. The number of ketones is 1. The standard InChI is InChI=1S/C15H19ClO/c1-2-4-12(9-11-7-8-11)15(17)13-5-3-6-14(16)10-13/h3,5-6,10-12H,2,4,7-9H2,1H3.